The maximum atomic E-state index is 9.84. The molecular formula is C7H15AsO. The summed E-state index contributed by atoms with van der Waals surface area (Å²) >= 11 is 1.81. The summed E-state index contributed by atoms with van der Waals surface area (Å²) in [5.74, 6) is 0. The van der Waals surface area contributed by atoms with Gasteiger partial charge in [0.1, 0.15) is 0 Å². The van der Waals surface area contributed by atoms with Gasteiger partial charge in [0.2, 0.25) is 0 Å². The third-order valence-electron chi connectivity index (χ3n) is 1.28. The third kappa shape index (κ3) is 8.23. The molecule has 0 aliphatic heterocycles. The van der Waals surface area contributed by atoms with E-state index in [9.17, 15) is 4.79 Å². The number of unbranched alkanes of at least 4 members (excludes halogenated alkanes) is 4. The molecule has 0 heterocycles. The molecule has 0 aromatic heterocycles. The molecule has 0 fully saturated rings. The average molecular weight is 190 g/mol. The molecule has 0 aliphatic carbocycles. The fourth-order valence-electron chi connectivity index (χ4n) is 0.726. The first-order valence-electron chi connectivity index (χ1n) is 3.55. The molecular weight excluding hydrogens is 175 g/mol. The van der Waals surface area contributed by atoms with E-state index >= 15 is 0 Å². The molecule has 1 nitrogen and oxygen atoms in total. The van der Waals surface area contributed by atoms with Crippen LogP contribution in [0.25, 0.3) is 0 Å². The predicted molar refractivity (Wildman–Crippen MR) is 42.5 cm³/mol. The fourth-order valence-corrected chi connectivity index (χ4v) is 1.33. The zero-order chi connectivity index (χ0) is 6.95. The number of carbonyl (C=O) groups is 1. The van der Waals surface area contributed by atoms with Crippen LogP contribution in [0.5, 0.6) is 0 Å². The molecule has 1 atom stereocenters. The number of aldehydes is 1. The van der Waals surface area contributed by atoms with E-state index in [0.29, 0.717) is 0 Å². The predicted octanol–water partition coefficient (Wildman–Crippen LogP) is 1.19. The first kappa shape index (κ1) is 9.23. The summed E-state index contributed by atoms with van der Waals surface area (Å²) in [4.78, 5) is 9.84. The molecule has 2 heteroatoms. The summed E-state index contributed by atoms with van der Waals surface area (Å²) < 4.78 is 0. The van der Waals surface area contributed by atoms with Gasteiger partial charge in [-0.1, -0.05) is 0 Å². The van der Waals surface area contributed by atoms with Crippen molar-refractivity contribution in [3.8, 4) is 0 Å². The van der Waals surface area contributed by atoms with E-state index in [-0.39, 0.29) is 0 Å². The van der Waals surface area contributed by atoms with Crippen LogP contribution in [0, 0.1) is 0 Å². The van der Waals surface area contributed by atoms with Crippen LogP contribution >= 0.6 is 0 Å². The van der Waals surface area contributed by atoms with E-state index in [0.717, 1.165) is 19.1 Å². The number of carbonyl (C=O) groups excluding carboxylic acids is 1. The number of hydrogen-bond acceptors (Lipinski definition) is 1. The van der Waals surface area contributed by atoms with Crippen molar-refractivity contribution in [2.24, 2.45) is 0 Å². The van der Waals surface area contributed by atoms with E-state index in [2.05, 4.69) is 0 Å². The molecule has 0 aromatic carbocycles. The Balaban J connectivity index is 2.66. The molecule has 0 rings (SSSR count). The second-order valence-corrected chi connectivity index (χ2v) is 3.37. The summed E-state index contributed by atoms with van der Waals surface area (Å²) in [5.41, 5.74) is 0. The topological polar surface area (TPSA) is 17.1 Å². The zero-order valence-corrected chi connectivity index (χ0v) is 8.23. The molecule has 1 unspecified atom stereocenters. The monoisotopic (exact) mass is 190 g/mol. The van der Waals surface area contributed by atoms with Crippen LogP contribution in [0.4, 0.5) is 0 Å². The van der Waals surface area contributed by atoms with Crippen molar-refractivity contribution in [3.63, 3.8) is 0 Å². The van der Waals surface area contributed by atoms with Crippen LogP contribution in [0.3, 0.4) is 0 Å². The Labute approximate surface area is 65.7 Å². The van der Waals surface area contributed by atoms with Gasteiger partial charge in [-0.3, -0.25) is 0 Å². The van der Waals surface area contributed by atoms with Crippen LogP contribution in [-0.2, 0) is 4.79 Å². The number of rotatable bonds is 6. The maximum absolute atomic E-state index is 9.84. The molecule has 0 saturated heterocycles. The van der Waals surface area contributed by atoms with Gasteiger partial charge in [0.05, 0.1) is 0 Å². The van der Waals surface area contributed by atoms with Crippen molar-refractivity contribution < 1.29 is 4.79 Å². The molecule has 0 aromatic rings. The summed E-state index contributed by atoms with van der Waals surface area (Å²) in [6.07, 6.45) is 6.76. The van der Waals surface area contributed by atoms with Crippen molar-refractivity contribution in [3.05, 3.63) is 0 Å². The Bertz CT molecular complexity index is 63.9. The molecule has 0 saturated carbocycles. The quantitative estimate of drug-likeness (QED) is 0.349. The van der Waals surface area contributed by atoms with Gasteiger partial charge in [0, 0.05) is 0 Å². The van der Waals surface area contributed by atoms with Gasteiger partial charge < -0.3 is 0 Å². The molecule has 9 heavy (non-hydrogen) atoms. The van der Waals surface area contributed by atoms with Gasteiger partial charge in [-0.05, 0) is 0 Å². The van der Waals surface area contributed by atoms with Gasteiger partial charge in [-0.2, -0.15) is 0 Å². The Kier molecular flexibility index (Phi) is 8.44. The third-order valence-corrected chi connectivity index (χ3v) is 2.13. The summed E-state index contributed by atoms with van der Waals surface area (Å²) in [5, 5.41) is 1.34. The number of hydrogen-bond donors (Lipinski definition) is 0. The molecule has 0 aliphatic rings. The first-order chi connectivity index (χ1) is 4.41. The zero-order valence-electron chi connectivity index (χ0n) is 5.81. The van der Waals surface area contributed by atoms with Crippen molar-refractivity contribution in [2.45, 2.75) is 37.3 Å². The SMILES string of the molecule is O=CCCCCCC[AsH2]. The Morgan fingerprint density at radius 1 is 1.11 bits per heavy atom. The molecule has 54 valence electrons. The minimum absolute atomic E-state index is 0.759. The van der Waals surface area contributed by atoms with Crippen molar-refractivity contribution in [1.29, 1.82) is 0 Å². The van der Waals surface area contributed by atoms with Crippen molar-refractivity contribution in [1.82, 2.24) is 0 Å². The van der Waals surface area contributed by atoms with Gasteiger partial charge in [0.15, 0.2) is 0 Å². The molecule has 0 N–H and O–H groups in total. The van der Waals surface area contributed by atoms with Gasteiger partial charge in [-0.15, -0.1) is 0 Å². The average Bonchev–Trinajstić information content (AvgIpc) is 1.89. The minimum atomic E-state index is 0.759. The van der Waals surface area contributed by atoms with Crippen LogP contribution in [0.1, 0.15) is 32.1 Å². The van der Waals surface area contributed by atoms with Crippen molar-refractivity contribution >= 4 is 23.1 Å². The Hall–Kier alpha value is 0.228. The second kappa shape index (κ2) is 8.23. The normalized spacial score (nSPS) is 9.44. The second-order valence-electron chi connectivity index (χ2n) is 2.16. The van der Waals surface area contributed by atoms with Crippen LogP contribution < -0.4 is 0 Å². The fraction of sp³-hybridized carbons (Fsp3) is 0.857. The molecule has 0 amide bonds. The summed E-state index contributed by atoms with van der Waals surface area (Å²) in [6.45, 7) is 0. The summed E-state index contributed by atoms with van der Waals surface area (Å²) in [7, 11) is 0. The summed E-state index contributed by atoms with van der Waals surface area (Å²) in [6, 6.07) is 0. The van der Waals surface area contributed by atoms with E-state index in [4.69, 9.17) is 0 Å². The van der Waals surface area contributed by atoms with Gasteiger partial charge in [0.25, 0.3) is 0 Å². The molecule has 0 bridgehead atoms. The van der Waals surface area contributed by atoms with Gasteiger partial charge in [-0.25, -0.2) is 0 Å². The van der Waals surface area contributed by atoms with E-state index in [1.165, 1.54) is 24.5 Å². The van der Waals surface area contributed by atoms with E-state index in [1.54, 1.807) is 0 Å². The van der Waals surface area contributed by atoms with E-state index < -0.39 is 0 Å². The standard InChI is InChI=1S/C7H15AsO/c8-6-4-2-1-3-5-7-9/h7H,1-6,8H2. The Morgan fingerprint density at radius 3 is 2.33 bits per heavy atom. The molecule has 0 spiro atoms. The molecule has 0 radical (unpaired) electrons. The first-order valence-corrected chi connectivity index (χ1v) is 5.27. The van der Waals surface area contributed by atoms with Crippen molar-refractivity contribution in [2.75, 3.05) is 0 Å². The van der Waals surface area contributed by atoms with Crippen LogP contribution in [-0.4, -0.2) is 23.1 Å². The van der Waals surface area contributed by atoms with Gasteiger partial charge >= 0.3 is 65.2 Å². The Morgan fingerprint density at radius 2 is 1.78 bits per heavy atom. The van der Waals surface area contributed by atoms with E-state index in [1.807, 2.05) is 16.9 Å². The van der Waals surface area contributed by atoms with Crippen LogP contribution in [0.15, 0.2) is 0 Å². The van der Waals surface area contributed by atoms with Crippen LogP contribution in [0.2, 0.25) is 5.21 Å².